The number of aliphatic imine (C=N–C) groups is 1. The van der Waals surface area contributed by atoms with E-state index in [4.69, 9.17) is 28.5 Å². The molecule has 0 aliphatic rings. The molecule has 1 amide bonds. The maximum Gasteiger partial charge on any atom is 0.225 e. The van der Waals surface area contributed by atoms with Gasteiger partial charge in [-0.3, -0.25) is 10.2 Å². The molecule has 0 radical (unpaired) electrons. The zero-order valence-corrected chi connectivity index (χ0v) is 11.6. The van der Waals surface area contributed by atoms with Gasteiger partial charge in [0.2, 0.25) is 5.91 Å². The third-order valence-corrected chi connectivity index (χ3v) is 3.05. The van der Waals surface area contributed by atoms with E-state index >= 15 is 0 Å². The highest BCUT2D eigenvalue weighted by molar-refractivity contribution is 8.13. The van der Waals surface area contributed by atoms with Crippen LogP contribution in [-0.2, 0) is 4.79 Å². The summed E-state index contributed by atoms with van der Waals surface area (Å²) in [6.07, 6.45) is 0.234. The molecule has 0 spiro atoms. The predicted octanol–water partition coefficient (Wildman–Crippen LogP) is 1.61. The number of rotatable bonds is 4. The Kier molecular flexibility index (Phi) is 6.17. The number of hydrogen-bond acceptors (Lipinski definition) is 3. The highest BCUT2D eigenvalue weighted by Crippen LogP contribution is 2.20. The first kappa shape index (κ1) is 15.3. The van der Waals surface area contributed by atoms with Crippen LogP contribution in [0, 0.1) is 5.41 Å². The van der Waals surface area contributed by atoms with Gasteiger partial charge in [0, 0.05) is 12.2 Å². The second-order valence-electron chi connectivity index (χ2n) is 3.47. The number of para-hydroxylation sites is 1. The molecule has 0 aliphatic heterocycles. The Balaban J connectivity index is 2.35. The van der Waals surface area contributed by atoms with Crippen molar-refractivity contribution in [2.24, 2.45) is 16.5 Å². The maximum absolute atomic E-state index is 11.6. The summed E-state index contributed by atoms with van der Waals surface area (Å²) in [5, 5.41) is 10.5. The summed E-state index contributed by atoms with van der Waals surface area (Å²) < 4.78 is 0. The lowest BCUT2D eigenvalue weighted by atomic mass is 10.3. The summed E-state index contributed by atoms with van der Waals surface area (Å²) in [5.74, 6) is 0.0578. The molecule has 1 rings (SSSR count). The fraction of sp³-hybridized carbons (Fsp3) is 0.182. The molecule has 0 aromatic heterocycles. The van der Waals surface area contributed by atoms with Gasteiger partial charge in [-0.2, -0.15) is 4.99 Å². The number of anilines is 1. The number of halogens is 1. The van der Waals surface area contributed by atoms with Gasteiger partial charge in [0.05, 0.1) is 10.7 Å². The van der Waals surface area contributed by atoms with Crippen LogP contribution >= 0.6 is 23.4 Å². The SMILES string of the molecule is N=C(N=C(N)N)SCCC(=O)Nc1ccccc1Cl. The van der Waals surface area contributed by atoms with Crippen LogP contribution in [0.2, 0.25) is 5.02 Å². The first-order chi connectivity index (χ1) is 8.99. The third-order valence-electron chi connectivity index (χ3n) is 1.95. The van der Waals surface area contributed by atoms with Crippen LogP contribution < -0.4 is 16.8 Å². The molecule has 0 fully saturated rings. The van der Waals surface area contributed by atoms with Crippen LogP contribution in [0.25, 0.3) is 0 Å². The fourth-order valence-corrected chi connectivity index (χ4v) is 2.00. The standard InChI is InChI=1S/C11H14ClN5OS/c12-7-3-1-2-4-8(7)16-9(18)5-6-19-11(15)17-10(13)14/h1-4H,5-6H2,(H,16,18)(H5,13,14,15,17). The summed E-state index contributed by atoms with van der Waals surface area (Å²) in [5.41, 5.74) is 10.8. The molecule has 0 saturated heterocycles. The van der Waals surface area contributed by atoms with Crippen molar-refractivity contribution in [2.75, 3.05) is 11.1 Å². The lowest BCUT2D eigenvalue weighted by molar-refractivity contribution is -0.115. The van der Waals surface area contributed by atoms with Gasteiger partial charge in [0.15, 0.2) is 11.1 Å². The van der Waals surface area contributed by atoms with E-state index in [9.17, 15) is 4.79 Å². The Bertz CT molecular complexity index is 502. The summed E-state index contributed by atoms with van der Waals surface area (Å²) in [6.45, 7) is 0. The molecule has 1 aromatic rings. The van der Waals surface area contributed by atoms with E-state index in [2.05, 4.69) is 10.3 Å². The number of guanidine groups is 1. The molecule has 1 aromatic carbocycles. The Labute approximate surface area is 120 Å². The predicted molar refractivity (Wildman–Crippen MR) is 80.7 cm³/mol. The summed E-state index contributed by atoms with van der Waals surface area (Å²) >= 11 is 7.00. The molecule has 0 heterocycles. The van der Waals surface area contributed by atoms with E-state index < -0.39 is 0 Å². The molecule has 19 heavy (non-hydrogen) atoms. The van der Waals surface area contributed by atoms with E-state index in [1.165, 1.54) is 0 Å². The molecular formula is C11H14ClN5OS. The highest BCUT2D eigenvalue weighted by atomic mass is 35.5. The number of nitrogens with two attached hydrogens (primary N) is 2. The van der Waals surface area contributed by atoms with Crippen molar-refractivity contribution in [1.82, 2.24) is 0 Å². The highest BCUT2D eigenvalue weighted by Gasteiger charge is 2.06. The number of carbonyl (C=O) groups is 1. The summed E-state index contributed by atoms with van der Waals surface area (Å²) in [7, 11) is 0. The lowest BCUT2D eigenvalue weighted by Crippen LogP contribution is -2.23. The van der Waals surface area contributed by atoms with Crippen LogP contribution in [0.3, 0.4) is 0 Å². The number of hydrogen-bond donors (Lipinski definition) is 4. The zero-order valence-electron chi connectivity index (χ0n) is 10.0. The van der Waals surface area contributed by atoms with Crippen LogP contribution in [0.5, 0.6) is 0 Å². The van der Waals surface area contributed by atoms with Crippen LogP contribution in [0.1, 0.15) is 6.42 Å². The van der Waals surface area contributed by atoms with E-state index in [-0.39, 0.29) is 23.5 Å². The minimum Gasteiger partial charge on any atom is -0.370 e. The Morgan fingerprint density at radius 2 is 2.11 bits per heavy atom. The Hall–Kier alpha value is -1.73. The van der Waals surface area contributed by atoms with E-state index in [0.717, 1.165) is 11.8 Å². The van der Waals surface area contributed by atoms with E-state index in [1.807, 2.05) is 0 Å². The second kappa shape index (κ2) is 7.65. The average Bonchev–Trinajstić information content (AvgIpc) is 2.31. The Morgan fingerprint density at radius 3 is 2.74 bits per heavy atom. The van der Waals surface area contributed by atoms with Gasteiger partial charge >= 0.3 is 0 Å². The molecular weight excluding hydrogens is 286 g/mol. The number of nitrogens with zero attached hydrogens (tertiary/aromatic N) is 1. The average molecular weight is 300 g/mol. The molecule has 8 heteroatoms. The van der Waals surface area contributed by atoms with Gasteiger partial charge in [-0.15, -0.1) is 0 Å². The summed E-state index contributed by atoms with van der Waals surface area (Å²) in [4.78, 5) is 15.2. The number of nitrogens with one attached hydrogen (secondary N) is 2. The third kappa shape index (κ3) is 6.12. The number of amidine groups is 1. The van der Waals surface area contributed by atoms with Crippen molar-refractivity contribution in [3.63, 3.8) is 0 Å². The molecule has 6 N–H and O–H groups in total. The van der Waals surface area contributed by atoms with Gasteiger partial charge in [-0.05, 0) is 12.1 Å². The molecule has 0 saturated carbocycles. The van der Waals surface area contributed by atoms with Crippen molar-refractivity contribution in [1.29, 1.82) is 5.41 Å². The summed E-state index contributed by atoms with van der Waals surface area (Å²) in [6, 6.07) is 6.98. The van der Waals surface area contributed by atoms with Gasteiger partial charge < -0.3 is 16.8 Å². The molecule has 0 atom stereocenters. The largest absolute Gasteiger partial charge is 0.370 e. The monoisotopic (exact) mass is 299 g/mol. The van der Waals surface area contributed by atoms with Gasteiger partial charge in [0.25, 0.3) is 0 Å². The first-order valence-corrected chi connectivity index (χ1v) is 6.70. The molecule has 0 bridgehead atoms. The van der Waals surface area contributed by atoms with Crippen molar-refractivity contribution < 1.29 is 4.79 Å². The minimum atomic E-state index is -0.182. The van der Waals surface area contributed by atoms with Crippen LogP contribution in [-0.4, -0.2) is 22.8 Å². The molecule has 6 nitrogen and oxygen atoms in total. The van der Waals surface area contributed by atoms with Gasteiger partial charge in [-0.25, -0.2) is 0 Å². The van der Waals surface area contributed by atoms with Gasteiger partial charge in [-0.1, -0.05) is 35.5 Å². The van der Waals surface area contributed by atoms with Crippen molar-refractivity contribution in [2.45, 2.75) is 6.42 Å². The topological polar surface area (TPSA) is 117 Å². The Morgan fingerprint density at radius 1 is 1.42 bits per heavy atom. The van der Waals surface area contributed by atoms with Crippen molar-refractivity contribution in [3.05, 3.63) is 29.3 Å². The molecule has 0 unspecified atom stereocenters. The van der Waals surface area contributed by atoms with Crippen LogP contribution in [0.4, 0.5) is 5.69 Å². The molecule has 0 aliphatic carbocycles. The number of benzene rings is 1. The quantitative estimate of drug-likeness (QED) is 0.499. The van der Waals surface area contributed by atoms with E-state index in [1.54, 1.807) is 24.3 Å². The fourth-order valence-electron chi connectivity index (χ4n) is 1.17. The maximum atomic E-state index is 11.6. The van der Waals surface area contributed by atoms with Crippen molar-refractivity contribution >= 4 is 46.1 Å². The zero-order chi connectivity index (χ0) is 14.3. The number of carbonyl (C=O) groups excluding carboxylic acids is 1. The first-order valence-electron chi connectivity index (χ1n) is 5.34. The smallest absolute Gasteiger partial charge is 0.225 e. The number of amides is 1. The lowest BCUT2D eigenvalue weighted by Gasteiger charge is -2.06. The van der Waals surface area contributed by atoms with E-state index in [0.29, 0.717) is 16.5 Å². The number of thioether (sulfide) groups is 1. The second-order valence-corrected chi connectivity index (χ2v) is 4.96. The van der Waals surface area contributed by atoms with Gasteiger partial charge in [0.1, 0.15) is 0 Å². The van der Waals surface area contributed by atoms with Crippen LogP contribution in [0.15, 0.2) is 29.3 Å². The minimum absolute atomic E-state index is 0.0226. The molecule has 102 valence electrons. The normalized spacial score (nSPS) is 9.74. The van der Waals surface area contributed by atoms with Crippen molar-refractivity contribution in [3.8, 4) is 0 Å².